The van der Waals surface area contributed by atoms with Gasteiger partial charge in [-0.25, -0.2) is 0 Å². The highest BCUT2D eigenvalue weighted by molar-refractivity contribution is 6.26. The van der Waals surface area contributed by atoms with Gasteiger partial charge in [0.1, 0.15) is 12.5 Å². The lowest BCUT2D eigenvalue weighted by Crippen LogP contribution is -2.52. The summed E-state index contributed by atoms with van der Waals surface area (Å²) in [6.45, 7) is 0. The number of hydrogen-bond donors (Lipinski definition) is 4. The van der Waals surface area contributed by atoms with E-state index in [1.807, 2.05) is 0 Å². The average molecular weight is 295 g/mol. The van der Waals surface area contributed by atoms with Gasteiger partial charge in [0.25, 0.3) is 0 Å². The van der Waals surface area contributed by atoms with Crippen LogP contribution >= 0.6 is 23.2 Å². The largest absolute Gasteiger partial charge is 0.373 e. The molecule has 2 heterocycles. The number of alkyl halides is 2. The molecule has 2 amide bonds. The fourth-order valence-electron chi connectivity index (χ4n) is 3.36. The van der Waals surface area contributed by atoms with Crippen molar-refractivity contribution in [2.45, 2.75) is 23.2 Å². The first-order valence-corrected chi connectivity index (χ1v) is 6.56. The third-order valence-electron chi connectivity index (χ3n) is 4.17. The van der Waals surface area contributed by atoms with Gasteiger partial charge in [-0.05, 0) is 0 Å². The summed E-state index contributed by atoms with van der Waals surface area (Å²) in [4.78, 5) is 23.5. The van der Waals surface area contributed by atoms with E-state index in [1.165, 1.54) is 0 Å². The Balaban J connectivity index is 2.01. The van der Waals surface area contributed by atoms with Crippen molar-refractivity contribution in [1.82, 2.24) is 10.6 Å². The number of aliphatic hydroxyl groups excluding tert-OH is 2. The van der Waals surface area contributed by atoms with Crippen LogP contribution in [0.4, 0.5) is 0 Å². The van der Waals surface area contributed by atoms with Gasteiger partial charge in [-0.15, -0.1) is 23.2 Å². The first-order chi connectivity index (χ1) is 8.43. The highest BCUT2D eigenvalue weighted by atomic mass is 35.5. The lowest BCUT2D eigenvalue weighted by atomic mass is 9.69. The molecule has 1 saturated carbocycles. The number of fused-ring (bicyclic) bond motifs is 2. The molecule has 3 fully saturated rings. The topological polar surface area (TPSA) is 98.7 Å². The van der Waals surface area contributed by atoms with Crippen LogP contribution in [0.2, 0.25) is 0 Å². The SMILES string of the molecule is O=C1NC(O)C2C(Cl)C3C(O)NC(=O)C3C(Cl)C12. The van der Waals surface area contributed by atoms with E-state index in [4.69, 9.17) is 23.2 Å². The number of nitrogens with one attached hydrogen (secondary N) is 2. The van der Waals surface area contributed by atoms with Gasteiger partial charge >= 0.3 is 0 Å². The van der Waals surface area contributed by atoms with Gasteiger partial charge < -0.3 is 20.8 Å². The van der Waals surface area contributed by atoms with Crippen LogP contribution in [-0.4, -0.2) is 45.2 Å². The van der Waals surface area contributed by atoms with Crippen molar-refractivity contribution in [3.8, 4) is 0 Å². The number of hydrogen-bond acceptors (Lipinski definition) is 4. The summed E-state index contributed by atoms with van der Waals surface area (Å²) < 4.78 is 0. The molecule has 6 atom stereocenters. The number of carbonyl (C=O) groups is 2. The van der Waals surface area contributed by atoms with Crippen molar-refractivity contribution < 1.29 is 19.8 Å². The standard InChI is InChI=1S/C10H12Cl2N2O4/c11-5-1-2(8(16)13-7(1)15)6(12)4-3(5)9(17)14-10(4)18/h1-7,9,15,17H,(H,13,16)(H,14,18). The van der Waals surface area contributed by atoms with Gasteiger partial charge in [-0.1, -0.05) is 0 Å². The Morgan fingerprint density at radius 2 is 1.22 bits per heavy atom. The zero-order valence-corrected chi connectivity index (χ0v) is 10.6. The van der Waals surface area contributed by atoms with Crippen LogP contribution in [0.25, 0.3) is 0 Å². The van der Waals surface area contributed by atoms with Gasteiger partial charge in [0.15, 0.2) is 0 Å². The Labute approximate surface area is 113 Å². The minimum atomic E-state index is -1.09. The van der Waals surface area contributed by atoms with Crippen molar-refractivity contribution >= 4 is 35.0 Å². The zero-order valence-electron chi connectivity index (χ0n) is 9.09. The maximum absolute atomic E-state index is 11.7. The van der Waals surface area contributed by atoms with Crippen molar-refractivity contribution in [3.05, 3.63) is 0 Å². The van der Waals surface area contributed by atoms with E-state index >= 15 is 0 Å². The molecular formula is C10H12Cl2N2O4. The van der Waals surface area contributed by atoms with E-state index in [2.05, 4.69) is 10.6 Å². The second kappa shape index (κ2) is 3.96. The molecule has 2 aliphatic heterocycles. The fraction of sp³-hybridized carbons (Fsp3) is 0.800. The van der Waals surface area contributed by atoms with Crippen LogP contribution < -0.4 is 10.6 Å². The predicted molar refractivity (Wildman–Crippen MR) is 61.5 cm³/mol. The number of halogens is 2. The summed E-state index contributed by atoms with van der Waals surface area (Å²) in [6, 6.07) is 0. The molecule has 0 spiro atoms. The zero-order chi connectivity index (χ0) is 13.2. The highest BCUT2D eigenvalue weighted by Crippen LogP contribution is 2.50. The molecule has 3 aliphatic rings. The second-order valence-electron chi connectivity index (χ2n) is 5.00. The first-order valence-electron chi connectivity index (χ1n) is 5.68. The van der Waals surface area contributed by atoms with E-state index in [-0.39, 0.29) is 0 Å². The molecule has 8 heteroatoms. The molecule has 0 aromatic heterocycles. The molecule has 0 radical (unpaired) electrons. The molecule has 3 rings (SSSR count). The number of rotatable bonds is 0. The molecule has 4 N–H and O–H groups in total. The fourth-order valence-corrected chi connectivity index (χ4v) is 4.51. The van der Waals surface area contributed by atoms with Crippen LogP contribution in [0.15, 0.2) is 0 Å². The summed E-state index contributed by atoms with van der Waals surface area (Å²) in [5.41, 5.74) is 0. The first kappa shape index (κ1) is 12.5. The minimum absolute atomic E-state index is 0.397. The molecule has 2 saturated heterocycles. The molecule has 1 aliphatic carbocycles. The Morgan fingerprint density at radius 1 is 0.833 bits per heavy atom. The summed E-state index contributed by atoms with van der Waals surface area (Å²) in [5, 5.41) is 22.9. The Hall–Kier alpha value is -0.560. The maximum Gasteiger partial charge on any atom is 0.227 e. The predicted octanol–water partition coefficient (Wildman–Crippen LogP) is -1.42. The summed E-state index contributed by atoms with van der Waals surface area (Å²) in [6.07, 6.45) is -2.18. The molecule has 6 unspecified atom stereocenters. The molecule has 6 nitrogen and oxygen atoms in total. The smallest absolute Gasteiger partial charge is 0.227 e. The van der Waals surface area contributed by atoms with Crippen molar-refractivity contribution in [3.63, 3.8) is 0 Å². The highest BCUT2D eigenvalue weighted by Gasteiger charge is 2.63. The van der Waals surface area contributed by atoms with E-state index < -0.39 is 58.7 Å². The van der Waals surface area contributed by atoms with Gasteiger partial charge in [0.2, 0.25) is 11.8 Å². The van der Waals surface area contributed by atoms with Crippen molar-refractivity contribution in [2.75, 3.05) is 0 Å². The molecule has 0 aromatic carbocycles. The molecular weight excluding hydrogens is 283 g/mol. The minimum Gasteiger partial charge on any atom is -0.373 e. The van der Waals surface area contributed by atoms with Crippen LogP contribution in [-0.2, 0) is 9.59 Å². The van der Waals surface area contributed by atoms with E-state index in [9.17, 15) is 19.8 Å². The van der Waals surface area contributed by atoms with Crippen LogP contribution in [0.5, 0.6) is 0 Å². The maximum atomic E-state index is 11.7. The van der Waals surface area contributed by atoms with Crippen molar-refractivity contribution in [1.29, 1.82) is 0 Å². The second-order valence-corrected chi connectivity index (χ2v) is 6.01. The normalized spacial score (nSPS) is 54.7. The van der Waals surface area contributed by atoms with Gasteiger partial charge in [0, 0.05) is 17.2 Å². The van der Waals surface area contributed by atoms with Crippen LogP contribution in [0.3, 0.4) is 0 Å². The lowest BCUT2D eigenvalue weighted by Gasteiger charge is -2.40. The molecule has 0 bridgehead atoms. The summed E-state index contributed by atoms with van der Waals surface area (Å²) in [7, 11) is 0. The Bertz CT molecular complexity index is 385. The molecule has 0 aromatic rings. The monoisotopic (exact) mass is 294 g/mol. The van der Waals surface area contributed by atoms with Crippen LogP contribution in [0.1, 0.15) is 0 Å². The van der Waals surface area contributed by atoms with Crippen LogP contribution in [0, 0.1) is 23.7 Å². The molecule has 18 heavy (non-hydrogen) atoms. The third kappa shape index (κ3) is 1.43. The van der Waals surface area contributed by atoms with Gasteiger partial charge in [0.05, 0.1) is 17.2 Å². The van der Waals surface area contributed by atoms with Gasteiger partial charge in [-0.2, -0.15) is 0 Å². The average Bonchev–Trinajstić information content (AvgIpc) is 2.73. The van der Waals surface area contributed by atoms with E-state index in [1.54, 1.807) is 0 Å². The van der Waals surface area contributed by atoms with Crippen molar-refractivity contribution in [2.24, 2.45) is 23.7 Å². The van der Waals surface area contributed by atoms with Gasteiger partial charge in [-0.3, -0.25) is 9.59 Å². The Morgan fingerprint density at radius 3 is 1.61 bits per heavy atom. The lowest BCUT2D eigenvalue weighted by molar-refractivity contribution is -0.127. The summed E-state index contributed by atoms with van der Waals surface area (Å²) in [5.74, 6) is -3.39. The quantitative estimate of drug-likeness (QED) is 0.412. The Kier molecular flexibility index (Phi) is 2.75. The summed E-state index contributed by atoms with van der Waals surface area (Å²) >= 11 is 12.4. The van der Waals surface area contributed by atoms with E-state index in [0.717, 1.165) is 0 Å². The van der Waals surface area contributed by atoms with E-state index in [0.29, 0.717) is 0 Å². The number of aliphatic hydroxyl groups is 2. The molecule has 100 valence electrons. The number of amides is 2. The number of carbonyl (C=O) groups excluding carboxylic acids is 2. The third-order valence-corrected chi connectivity index (χ3v) is 5.29.